The molecule has 0 unspecified atom stereocenters. The third-order valence-corrected chi connectivity index (χ3v) is 2.84. The average molecular weight is 239 g/mol. The first-order valence-electron chi connectivity index (χ1n) is 5.74. The van der Waals surface area contributed by atoms with Gasteiger partial charge in [-0.1, -0.05) is 12.1 Å². The molecule has 3 rings (SSSR count). The molecular weight excluding hydrogens is 226 g/mol. The molecule has 0 atom stereocenters. The van der Waals surface area contributed by atoms with E-state index in [-0.39, 0.29) is 0 Å². The van der Waals surface area contributed by atoms with Crippen molar-refractivity contribution in [2.75, 3.05) is 11.1 Å². The van der Waals surface area contributed by atoms with Crippen molar-refractivity contribution in [2.24, 2.45) is 0 Å². The van der Waals surface area contributed by atoms with E-state index in [1.54, 1.807) is 12.5 Å². The second-order valence-corrected chi connectivity index (χ2v) is 4.03. The number of nitrogens with one attached hydrogen (secondary N) is 1. The number of nitrogens with zero attached hydrogens (tertiary/aromatic N) is 1. The molecule has 2 heterocycles. The third-order valence-electron chi connectivity index (χ3n) is 2.84. The smallest absolute Gasteiger partial charge is 0.122 e. The summed E-state index contributed by atoms with van der Waals surface area (Å²) in [5.74, 6) is 0.892. The molecule has 0 saturated heterocycles. The SMILES string of the molecule is Nc1cccc2c(NCc3ccco3)ccnc12. The first-order chi connectivity index (χ1) is 8.84. The van der Waals surface area contributed by atoms with Crippen molar-refractivity contribution in [3.63, 3.8) is 0 Å². The van der Waals surface area contributed by atoms with Crippen LogP contribution in [0.1, 0.15) is 5.76 Å². The number of benzene rings is 1. The van der Waals surface area contributed by atoms with Gasteiger partial charge in [-0.25, -0.2) is 0 Å². The van der Waals surface area contributed by atoms with Crippen LogP contribution in [-0.4, -0.2) is 4.98 Å². The minimum absolute atomic E-state index is 0.640. The lowest BCUT2D eigenvalue weighted by Gasteiger charge is -2.09. The first kappa shape index (κ1) is 10.7. The number of fused-ring (bicyclic) bond motifs is 1. The molecule has 0 bridgehead atoms. The van der Waals surface area contributed by atoms with Gasteiger partial charge in [0, 0.05) is 17.3 Å². The van der Waals surface area contributed by atoms with E-state index >= 15 is 0 Å². The first-order valence-corrected chi connectivity index (χ1v) is 5.74. The zero-order chi connectivity index (χ0) is 12.4. The highest BCUT2D eigenvalue weighted by Gasteiger charge is 2.04. The largest absolute Gasteiger partial charge is 0.467 e. The topological polar surface area (TPSA) is 64.1 Å². The molecule has 0 aliphatic carbocycles. The molecule has 0 spiro atoms. The van der Waals surface area contributed by atoms with Gasteiger partial charge in [0.25, 0.3) is 0 Å². The Morgan fingerprint density at radius 1 is 1.17 bits per heavy atom. The van der Waals surface area contributed by atoms with Crippen molar-refractivity contribution in [2.45, 2.75) is 6.54 Å². The van der Waals surface area contributed by atoms with Gasteiger partial charge in [0.15, 0.2) is 0 Å². The van der Waals surface area contributed by atoms with Gasteiger partial charge in [0.05, 0.1) is 24.0 Å². The Balaban J connectivity index is 1.94. The zero-order valence-electron chi connectivity index (χ0n) is 9.76. The molecule has 4 heteroatoms. The second kappa shape index (κ2) is 4.41. The Labute approximate surface area is 104 Å². The van der Waals surface area contributed by atoms with Crippen molar-refractivity contribution >= 4 is 22.3 Å². The number of hydrogen-bond acceptors (Lipinski definition) is 4. The number of nitrogens with two attached hydrogens (primary N) is 1. The molecule has 0 amide bonds. The Morgan fingerprint density at radius 3 is 2.94 bits per heavy atom. The van der Waals surface area contributed by atoms with Crippen LogP contribution < -0.4 is 11.1 Å². The van der Waals surface area contributed by atoms with Gasteiger partial charge in [-0.05, 0) is 24.3 Å². The summed E-state index contributed by atoms with van der Waals surface area (Å²) in [7, 11) is 0. The molecule has 3 N–H and O–H groups in total. The second-order valence-electron chi connectivity index (χ2n) is 4.03. The van der Waals surface area contributed by atoms with E-state index in [2.05, 4.69) is 10.3 Å². The summed E-state index contributed by atoms with van der Waals surface area (Å²) in [6.45, 7) is 0.640. The monoisotopic (exact) mass is 239 g/mol. The molecule has 0 aliphatic rings. The summed E-state index contributed by atoms with van der Waals surface area (Å²) in [5.41, 5.74) is 8.42. The van der Waals surface area contributed by atoms with E-state index in [0.29, 0.717) is 12.2 Å². The minimum atomic E-state index is 0.640. The molecular formula is C14H13N3O. The third kappa shape index (κ3) is 1.88. The lowest BCUT2D eigenvalue weighted by molar-refractivity contribution is 0.518. The summed E-state index contributed by atoms with van der Waals surface area (Å²) < 4.78 is 5.29. The number of anilines is 2. The summed E-state index contributed by atoms with van der Waals surface area (Å²) in [5, 5.41) is 4.35. The molecule has 4 nitrogen and oxygen atoms in total. The predicted octanol–water partition coefficient (Wildman–Crippen LogP) is 3.02. The summed E-state index contributed by atoms with van der Waals surface area (Å²) in [6, 6.07) is 11.5. The fourth-order valence-electron chi connectivity index (χ4n) is 1.95. The van der Waals surface area contributed by atoms with Crippen molar-refractivity contribution in [3.8, 4) is 0 Å². The molecule has 18 heavy (non-hydrogen) atoms. The number of aromatic nitrogens is 1. The maximum atomic E-state index is 5.91. The quantitative estimate of drug-likeness (QED) is 0.689. The van der Waals surface area contributed by atoms with E-state index in [1.165, 1.54) is 0 Å². The van der Waals surface area contributed by atoms with Gasteiger partial charge in [0.1, 0.15) is 5.76 Å². The molecule has 90 valence electrons. The van der Waals surface area contributed by atoms with Crippen LogP contribution in [-0.2, 0) is 6.54 Å². The van der Waals surface area contributed by atoms with Crippen molar-refractivity contribution in [3.05, 3.63) is 54.6 Å². The van der Waals surface area contributed by atoms with Crippen LogP contribution in [0.15, 0.2) is 53.3 Å². The number of hydrogen-bond donors (Lipinski definition) is 2. The van der Waals surface area contributed by atoms with Crippen LogP contribution in [0.2, 0.25) is 0 Å². The maximum absolute atomic E-state index is 5.91. The van der Waals surface area contributed by atoms with E-state index in [4.69, 9.17) is 10.2 Å². The highest BCUT2D eigenvalue weighted by atomic mass is 16.3. The number of rotatable bonds is 3. The van der Waals surface area contributed by atoms with E-state index in [9.17, 15) is 0 Å². The normalized spacial score (nSPS) is 10.7. The van der Waals surface area contributed by atoms with Gasteiger partial charge < -0.3 is 15.5 Å². The minimum Gasteiger partial charge on any atom is -0.467 e. The van der Waals surface area contributed by atoms with Crippen molar-refractivity contribution in [1.82, 2.24) is 4.98 Å². The standard InChI is InChI=1S/C14H13N3O/c15-12-5-1-4-11-13(6-7-16-14(11)12)17-9-10-3-2-8-18-10/h1-8H,9,15H2,(H,16,17). The molecule has 3 aromatic rings. The van der Waals surface area contributed by atoms with Gasteiger partial charge in [0.2, 0.25) is 0 Å². The molecule has 2 aromatic heterocycles. The number of pyridine rings is 1. The zero-order valence-corrected chi connectivity index (χ0v) is 9.76. The summed E-state index contributed by atoms with van der Waals surface area (Å²) >= 11 is 0. The molecule has 0 radical (unpaired) electrons. The van der Waals surface area contributed by atoms with Crippen LogP contribution in [0, 0.1) is 0 Å². The van der Waals surface area contributed by atoms with Crippen molar-refractivity contribution < 1.29 is 4.42 Å². The fourth-order valence-corrected chi connectivity index (χ4v) is 1.95. The van der Waals surface area contributed by atoms with Crippen LogP contribution >= 0.6 is 0 Å². The summed E-state index contributed by atoms with van der Waals surface area (Å²) in [6.07, 6.45) is 3.42. The molecule has 0 aliphatic heterocycles. The van der Waals surface area contributed by atoms with E-state index < -0.39 is 0 Å². The lowest BCUT2D eigenvalue weighted by Crippen LogP contribution is -2.00. The van der Waals surface area contributed by atoms with Gasteiger partial charge in [-0.3, -0.25) is 4.98 Å². The van der Waals surface area contributed by atoms with Gasteiger partial charge in [-0.15, -0.1) is 0 Å². The number of para-hydroxylation sites is 1. The maximum Gasteiger partial charge on any atom is 0.122 e. The highest BCUT2D eigenvalue weighted by Crippen LogP contribution is 2.25. The van der Waals surface area contributed by atoms with Gasteiger partial charge >= 0.3 is 0 Å². The number of furan rings is 1. The average Bonchev–Trinajstić information content (AvgIpc) is 2.90. The van der Waals surface area contributed by atoms with Crippen LogP contribution in [0.4, 0.5) is 11.4 Å². The Bertz CT molecular complexity index is 662. The van der Waals surface area contributed by atoms with E-state index in [1.807, 2.05) is 36.4 Å². The Morgan fingerprint density at radius 2 is 2.11 bits per heavy atom. The van der Waals surface area contributed by atoms with Crippen LogP contribution in [0.25, 0.3) is 10.9 Å². The Hall–Kier alpha value is -2.49. The fraction of sp³-hybridized carbons (Fsp3) is 0.0714. The lowest BCUT2D eigenvalue weighted by atomic mass is 10.1. The number of nitrogen functional groups attached to an aromatic ring is 1. The predicted molar refractivity (Wildman–Crippen MR) is 72.2 cm³/mol. The molecule has 1 aromatic carbocycles. The Kier molecular flexibility index (Phi) is 2.61. The van der Waals surface area contributed by atoms with Crippen LogP contribution in [0.3, 0.4) is 0 Å². The van der Waals surface area contributed by atoms with Gasteiger partial charge in [-0.2, -0.15) is 0 Å². The summed E-state index contributed by atoms with van der Waals surface area (Å²) in [4.78, 5) is 4.30. The molecule has 0 fully saturated rings. The molecule has 0 saturated carbocycles. The highest BCUT2D eigenvalue weighted by molar-refractivity contribution is 5.97. The van der Waals surface area contributed by atoms with E-state index in [0.717, 1.165) is 22.4 Å². The van der Waals surface area contributed by atoms with Crippen LogP contribution in [0.5, 0.6) is 0 Å². The van der Waals surface area contributed by atoms with Crippen molar-refractivity contribution in [1.29, 1.82) is 0 Å².